The molecule has 0 aliphatic carbocycles. The molecule has 1 amide bonds. The fourth-order valence-corrected chi connectivity index (χ4v) is 2.44. The van der Waals surface area contributed by atoms with E-state index in [4.69, 9.17) is 0 Å². The van der Waals surface area contributed by atoms with Crippen LogP contribution in [0.3, 0.4) is 0 Å². The Morgan fingerprint density at radius 2 is 2.05 bits per heavy atom. The lowest BCUT2D eigenvalue weighted by Gasteiger charge is -2.13. The lowest BCUT2D eigenvalue weighted by molar-refractivity contribution is -0.116. The molecule has 4 nitrogen and oxygen atoms in total. The molecule has 0 bridgehead atoms. The molecule has 2 aromatic rings. The Kier molecular flexibility index (Phi) is 3.06. The molecule has 4 heteroatoms. The van der Waals surface area contributed by atoms with Gasteiger partial charge in [-0.05, 0) is 30.2 Å². The number of carbonyl (C=O) groups excluding carboxylic acids is 1. The summed E-state index contributed by atoms with van der Waals surface area (Å²) in [5, 5.41) is 15.9. The Morgan fingerprint density at radius 1 is 1.25 bits per heavy atom. The number of aromatic hydroxyl groups is 1. The number of rotatable bonds is 2. The van der Waals surface area contributed by atoms with Gasteiger partial charge < -0.3 is 15.7 Å². The zero-order chi connectivity index (χ0) is 14.1. The average Bonchev–Trinajstić information content (AvgIpc) is 2.88. The van der Waals surface area contributed by atoms with E-state index in [0.717, 1.165) is 16.8 Å². The number of phenols is 1. The Morgan fingerprint density at radius 3 is 2.85 bits per heavy atom. The smallest absolute Gasteiger partial charge is 0.247 e. The molecule has 1 aliphatic rings. The highest BCUT2D eigenvalue weighted by atomic mass is 16.3. The average molecular weight is 268 g/mol. The lowest BCUT2D eigenvalue weighted by atomic mass is 10.1. The minimum atomic E-state index is -0.299. The summed E-state index contributed by atoms with van der Waals surface area (Å²) >= 11 is 0. The number of phenolic OH excluding ortho intramolecular Hbond substituents is 1. The van der Waals surface area contributed by atoms with Gasteiger partial charge in [-0.25, -0.2) is 0 Å². The molecule has 2 aromatic carbocycles. The van der Waals surface area contributed by atoms with Crippen molar-refractivity contribution in [3.8, 4) is 5.75 Å². The van der Waals surface area contributed by atoms with E-state index in [0.29, 0.717) is 12.1 Å². The van der Waals surface area contributed by atoms with E-state index < -0.39 is 0 Å². The summed E-state index contributed by atoms with van der Waals surface area (Å²) in [5.74, 6) is -0.0153. The van der Waals surface area contributed by atoms with Crippen LogP contribution in [-0.4, -0.2) is 17.1 Å². The zero-order valence-electron chi connectivity index (χ0n) is 11.2. The van der Waals surface area contributed by atoms with Gasteiger partial charge in [0, 0.05) is 12.1 Å². The summed E-state index contributed by atoms with van der Waals surface area (Å²) in [5.41, 5.74) is 3.33. The van der Waals surface area contributed by atoms with Gasteiger partial charge >= 0.3 is 0 Å². The van der Waals surface area contributed by atoms with Crippen molar-refractivity contribution in [3.63, 3.8) is 0 Å². The number of aryl methyl sites for hydroxylation is 1. The molecule has 0 spiro atoms. The van der Waals surface area contributed by atoms with E-state index in [1.165, 1.54) is 0 Å². The second-order valence-corrected chi connectivity index (χ2v) is 5.02. The first-order valence-electron chi connectivity index (χ1n) is 6.59. The Hall–Kier alpha value is -2.49. The van der Waals surface area contributed by atoms with E-state index >= 15 is 0 Å². The summed E-state index contributed by atoms with van der Waals surface area (Å²) in [7, 11) is 0. The molecule has 1 aliphatic heterocycles. The first-order chi connectivity index (χ1) is 9.65. The second kappa shape index (κ2) is 4.89. The molecule has 1 heterocycles. The van der Waals surface area contributed by atoms with Gasteiger partial charge in [0.25, 0.3) is 0 Å². The normalized spacial score (nSPS) is 16.4. The maximum Gasteiger partial charge on any atom is 0.247 e. The van der Waals surface area contributed by atoms with Crippen molar-refractivity contribution in [2.24, 2.45) is 0 Å². The van der Waals surface area contributed by atoms with Crippen LogP contribution in [0.25, 0.3) is 0 Å². The number of anilines is 2. The summed E-state index contributed by atoms with van der Waals surface area (Å²) in [6, 6.07) is 12.9. The van der Waals surface area contributed by atoms with Crippen molar-refractivity contribution in [3.05, 3.63) is 53.6 Å². The molecule has 3 rings (SSSR count). The summed E-state index contributed by atoms with van der Waals surface area (Å²) in [4.78, 5) is 12.3. The van der Waals surface area contributed by atoms with Crippen molar-refractivity contribution in [2.45, 2.75) is 19.4 Å². The van der Waals surface area contributed by atoms with Crippen LogP contribution in [-0.2, 0) is 11.2 Å². The first kappa shape index (κ1) is 12.5. The Balaban J connectivity index is 1.74. The maximum atomic E-state index is 12.3. The summed E-state index contributed by atoms with van der Waals surface area (Å²) < 4.78 is 0. The SMILES string of the molecule is Cc1cccc(NC(=O)[C@@H]2Cc3ccccc3N2)c1O. The third kappa shape index (κ3) is 2.20. The topological polar surface area (TPSA) is 61.4 Å². The number of hydrogen-bond acceptors (Lipinski definition) is 3. The fourth-order valence-electron chi connectivity index (χ4n) is 2.44. The van der Waals surface area contributed by atoms with E-state index in [1.807, 2.05) is 30.3 Å². The number of fused-ring (bicyclic) bond motifs is 1. The van der Waals surface area contributed by atoms with Crippen molar-refractivity contribution in [1.29, 1.82) is 0 Å². The van der Waals surface area contributed by atoms with Crippen molar-refractivity contribution in [1.82, 2.24) is 0 Å². The quantitative estimate of drug-likeness (QED) is 0.734. The van der Waals surface area contributed by atoms with Crippen LogP contribution in [0.4, 0.5) is 11.4 Å². The lowest BCUT2D eigenvalue weighted by Crippen LogP contribution is -2.32. The van der Waals surface area contributed by atoms with Gasteiger partial charge in [-0.15, -0.1) is 0 Å². The molecule has 0 fully saturated rings. The number of benzene rings is 2. The first-order valence-corrected chi connectivity index (χ1v) is 6.59. The number of para-hydroxylation sites is 2. The molecule has 102 valence electrons. The van der Waals surface area contributed by atoms with Crippen LogP contribution in [0.1, 0.15) is 11.1 Å². The van der Waals surface area contributed by atoms with E-state index in [-0.39, 0.29) is 17.7 Å². The number of amides is 1. The largest absolute Gasteiger partial charge is 0.505 e. The molecule has 20 heavy (non-hydrogen) atoms. The molecule has 0 radical (unpaired) electrons. The summed E-state index contributed by atoms with van der Waals surface area (Å²) in [6.45, 7) is 1.80. The molecule has 1 atom stereocenters. The van der Waals surface area contributed by atoms with Gasteiger partial charge in [0.05, 0.1) is 5.69 Å². The number of hydrogen-bond donors (Lipinski definition) is 3. The molecule has 0 aromatic heterocycles. The third-order valence-corrected chi connectivity index (χ3v) is 3.58. The van der Waals surface area contributed by atoms with Crippen LogP contribution in [0.15, 0.2) is 42.5 Å². The highest BCUT2D eigenvalue weighted by Gasteiger charge is 2.26. The number of carbonyl (C=O) groups is 1. The maximum absolute atomic E-state index is 12.3. The summed E-state index contributed by atoms with van der Waals surface area (Å²) in [6.07, 6.45) is 0.661. The van der Waals surface area contributed by atoms with Gasteiger partial charge in [-0.1, -0.05) is 30.3 Å². The van der Waals surface area contributed by atoms with Crippen LogP contribution in [0.5, 0.6) is 5.75 Å². The third-order valence-electron chi connectivity index (χ3n) is 3.58. The van der Waals surface area contributed by atoms with Crippen LogP contribution in [0.2, 0.25) is 0 Å². The predicted octanol–water partition coefficient (Wildman–Crippen LogP) is 2.68. The van der Waals surface area contributed by atoms with Crippen molar-refractivity contribution >= 4 is 17.3 Å². The van der Waals surface area contributed by atoms with E-state index in [2.05, 4.69) is 10.6 Å². The Bertz CT molecular complexity index is 642. The Labute approximate surface area is 117 Å². The van der Waals surface area contributed by atoms with Crippen molar-refractivity contribution < 1.29 is 9.90 Å². The van der Waals surface area contributed by atoms with Gasteiger partial charge in [0.2, 0.25) is 5.91 Å². The predicted molar refractivity (Wildman–Crippen MR) is 79.0 cm³/mol. The molecule has 0 saturated carbocycles. The van der Waals surface area contributed by atoms with Gasteiger partial charge in [0.15, 0.2) is 0 Å². The molecular formula is C16H16N2O2. The van der Waals surface area contributed by atoms with Gasteiger partial charge in [-0.2, -0.15) is 0 Å². The van der Waals surface area contributed by atoms with Crippen molar-refractivity contribution in [2.75, 3.05) is 10.6 Å². The van der Waals surface area contributed by atoms with Crippen LogP contribution in [0, 0.1) is 6.92 Å². The highest BCUT2D eigenvalue weighted by molar-refractivity contribution is 5.99. The second-order valence-electron chi connectivity index (χ2n) is 5.02. The molecular weight excluding hydrogens is 252 g/mol. The minimum Gasteiger partial charge on any atom is -0.505 e. The molecule has 3 N–H and O–H groups in total. The van der Waals surface area contributed by atoms with Crippen LogP contribution >= 0.6 is 0 Å². The number of nitrogens with one attached hydrogen (secondary N) is 2. The van der Waals surface area contributed by atoms with Gasteiger partial charge in [0.1, 0.15) is 11.8 Å². The van der Waals surface area contributed by atoms with E-state index in [9.17, 15) is 9.90 Å². The zero-order valence-corrected chi connectivity index (χ0v) is 11.2. The molecule has 0 saturated heterocycles. The fraction of sp³-hybridized carbons (Fsp3) is 0.188. The standard InChI is InChI=1S/C16H16N2O2/c1-10-5-4-8-13(15(10)19)18-16(20)14-9-11-6-2-3-7-12(11)17-14/h2-8,14,17,19H,9H2,1H3,(H,18,20)/t14-/m0/s1. The molecule has 0 unspecified atom stereocenters. The minimum absolute atomic E-state index is 0.122. The monoisotopic (exact) mass is 268 g/mol. The van der Waals surface area contributed by atoms with Gasteiger partial charge in [-0.3, -0.25) is 4.79 Å². The van der Waals surface area contributed by atoms with E-state index in [1.54, 1.807) is 19.1 Å². The highest BCUT2D eigenvalue weighted by Crippen LogP contribution is 2.29. The van der Waals surface area contributed by atoms with Crippen LogP contribution < -0.4 is 10.6 Å².